The molecular weight excluding hydrogens is 418 g/mol. The van der Waals surface area contributed by atoms with E-state index in [4.69, 9.17) is 0 Å². The van der Waals surface area contributed by atoms with Gasteiger partial charge in [0.25, 0.3) is 0 Å². The van der Waals surface area contributed by atoms with Crippen LogP contribution in [0, 0.1) is 12.8 Å². The number of benzene rings is 1. The normalized spacial score (nSPS) is 16.9. The molecule has 30 heavy (non-hydrogen) atoms. The van der Waals surface area contributed by atoms with Gasteiger partial charge in [0.2, 0.25) is 15.9 Å². The Kier molecular flexibility index (Phi) is 7.55. The van der Waals surface area contributed by atoms with Crippen molar-refractivity contribution in [2.24, 2.45) is 5.92 Å². The van der Waals surface area contributed by atoms with Gasteiger partial charge in [0.1, 0.15) is 4.90 Å². The number of thioether (sulfide) groups is 1. The molecule has 0 radical (unpaired) electrons. The van der Waals surface area contributed by atoms with E-state index in [1.54, 1.807) is 18.3 Å². The predicted molar refractivity (Wildman–Crippen MR) is 121 cm³/mol. The van der Waals surface area contributed by atoms with Gasteiger partial charge in [-0.15, -0.1) is 11.8 Å². The van der Waals surface area contributed by atoms with Gasteiger partial charge in [0, 0.05) is 47.2 Å². The number of sulfonamides is 1. The highest BCUT2D eigenvalue weighted by atomic mass is 32.2. The Morgan fingerprint density at radius 2 is 2.03 bits per heavy atom. The second kappa shape index (κ2) is 9.94. The monoisotopic (exact) mass is 447 g/mol. The van der Waals surface area contributed by atoms with E-state index in [-0.39, 0.29) is 16.7 Å². The number of anilines is 1. The molecule has 1 unspecified atom stereocenters. The summed E-state index contributed by atoms with van der Waals surface area (Å²) in [6.45, 7) is 7.04. The first kappa shape index (κ1) is 22.8. The van der Waals surface area contributed by atoms with Gasteiger partial charge in [-0.05, 0) is 62.1 Å². The molecular formula is C22H29N3O3S2. The average molecular weight is 448 g/mol. The van der Waals surface area contributed by atoms with Crippen LogP contribution in [0.4, 0.5) is 5.69 Å². The van der Waals surface area contributed by atoms with Crippen LogP contribution >= 0.6 is 11.8 Å². The quantitative estimate of drug-likeness (QED) is 0.640. The van der Waals surface area contributed by atoms with E-state index >= 15 is 0 Å². The molecule has 1 N–H and O–H groups in total. The summed E-state index contributed by atoms with van der Waals surface area (Å²) in [6, 6.07) is 9.27. The zero-order valence-electron chi connectivity index (χ0n) is 17.7. The molecule has 1 aliphatic heterocycles. The Bertz CT molecular complexity index is 972. The van der Waals surface area contributed by atoms with Crippen LogP contribution in [-0.4, -0.2) is 42.0 Å². The summed E-state index contributed by atoms with van der Waals surface area (Å²) in [7, 11) is -3.56. The number of amides is 1. The third-order valence-electron chi connectivity index (χ3n) is 5.46. The topological polar surface area (TPSA) is 79.4 Å². The number of carbonyl (C=O) groups is 1. The molecule has 1 aromatic carbocycles. The zero-order valence-corrected chi connectivity index (χ0v) is 19.3. The minimum Gasteiger partial charge on any atom is -0.326 e. The van der Waals surface area contributed by atoms with Crippen LogP contribution in [0.5, 0.6) is 0 Å². The number of nitrogens with one attached hydrogen (secondary N) is 1. The number of piperidine rings is 1. The molecule has 1 aromatic heterocycles. The molecule has 1 saturated heterocycles. The van der Waals surface area contributed by atoms with Crippen molar-refractivity contribution in [1.82, 2.24) is 9.29 Å². The molecule has 1 atom stereocenters. The van der Waals surface area contributed by atoms with Crippen molar-refractivity contribution in [3.63, 3.8) is 0 Å². The summed E-state index contributed by atoms with van der Waals surface area (Å²) in [4.78, 5) is 18.1. The van der Waals surface area contributed by atoms with Crippen LogP contribution in [0.3, 0.4) is 0 Å². The molecule has 6 nitrogen and oxygen atoms in total. The van der Waals surface area contributed by atoms with Crippen molar-refractivity contribution in [2.45, 2.75) is 55.1 Å². The third kappa shape index (κ3) is 5.42. The Balaban J connectivity index is 1.58. The third-order valence-corrected chi connectivity index (χ3v) is 8.61. The molecule has 3 rings (SSSR count). The van der Waals surface area contributed by atoms with Gasteiger partial charge in [-0.25, -0.2) is 8.42 Å². The highest BCUT2D eigenvalue weighted by Gasteiger charge is 2.32. The summed E-state index contributed by atoms with van der Waals surface area (Å²) in [5.74, 6) is -0.238. The molecule has 1 fully saturated rings. The molecule has 2 aromatic rings. The van der Waals surface area contributed by atoms with Crippen molar-refractivity contribution in [3.05, 3.63) is 48.3 Å². The maximum atomic E-state index is 12.8. The van der Waals surface area contributed by atoms with Gasteiger partial charge in [-0.1, -0.05) is 13.8 Å². The summed E-state index contributed by atoms with van der Waals surface area (Å²) in [5.41, 5.74) is 1.85. The minimum atomic E-state index is -3.56. The van der Waals surface area contributed by atoms with Crippen LogP contribution < -0.4 is 5.32 Å². The highest BCUT2D eigenvalue weighted by molar-refractivity contribution is 7.99. The Morgan fingerprint density at radius 3 is 2.63 bits per heavy atom. The lowest BCUT2D eigenvalue weighted by molar-refractivity contribution is -0.120. The fraction of sp³-hybridized carbons (Fsp3) is 0.455. The smallest absolute Gasteiger partial charge is 0.244 e. The first-order chi connectivity index (χ1) is 14.3. The number of aryl methyl sites for hydroxylation is 1. The largest absolute Gasteiger partial charge is 0.326 e. The molecule has 1 aliphatic rings. The summed E-state index contributed by atoms with van der Waals surface area (Å²) < 4.78 is 26.9. The van der Waals surface area contributed by atoms with Gasteiger partial charge in [-0.2, -0.15) is 4.31 Å². The van der Waals surface area contributed by atoms with E-state index in [0.717, 1.165) is 17.7 Å². The maximum absolute atomic E-state index is 12.8. The van der Waals surface area contributed by atoms with E-state index in [1.807, 2.05) is 30.8 Å². The lowest BCUT2D eigenvalue weighted by Gasteiger charge is -2.30. The Morgan fingerprint density at radius 1 is 1.30 bits per heavy atom. The van der Waals surface area contributed by atoms with Gasteiger partial charge >= 0.3 is 0 Å². The van der Waals surface area contributed by atoms with Crippen molar-refractivity contribution >= 4 is 33.4 Å². The van der Waals surface area contributed by atoms with Gasteiger partial charge in [0.05, 0.1) is 0 Å². The van der Waals surface area contributed by atoms with Crippen LogP contribution in [0.15, 0.2) is 52.5 Å². The van der Waals surface area contributed by atoms with E-state index in [9.17, 15) is 13.2 Å². The molecule has 0 aliphatic carbocycles. The van der Waals surface area contributed by atoms with Crippen molar-refractivity contribution < 1.29 is 13.2 Å². The second-order valence-electron chi connectivity index (χ2n) is 7.67. The zero-order chi connectivity index (χ0) is 21.7. The number of pyridine rings is 1. The van der Waals surface area contributed by atoms with Crippen molar-refractivity contribution in [1.29, 1.82) is 0 Å². The SMILES string of the molecule is CCC(C)Sc1ccc(NC(=O)C2CCN(S(=O)(=O)c3cccnc3)CC2)c(C)c1. The number of nitrogens with zero attached hydrogens (tertiary/aromatic N) is 2. The fourth-order valence-electron chi connectivity index (χ4n) is 3.41. The van der Waals surface area contributed by atoms with E-state index < -0.39 is 10.0 Å². The Hall–Kier alpha value is -1.90. The molecule has 0 spiro atoms. The van der Waals surface area contributed by atoms with Gasteiger partial charge in [0.15, 0.2) is 0 Å². The lowest BCUT2D eigenvalue weighted by Crippen LogP contribution is -2.41. The number of hydrogen-bond acceptors (Lipinski definition) is 5. The van der Waals surface area contributed by atoms with E-state index in [0.29, 0.717) is 31.2 Å². The molecule has 1 amide bonds. The Labute approximate surface area is 183 Å². The van der Waals surface area contributed by atoms with E-state index in [2.05, 4.69) is 30.2 Å². The minimum absolute atomic E-state index is 0.0427. The first-order valence-electron chi connectivity index (χ1n) is 10.3. The molecule has 2 heterocycles. The number of rotatable bonds is 7. The van der Waals surface area contributed by atoms with Gasteiger partial charge < -0.3 is 5.32 Å². The van der Waals surface area contributed by atoms with Gasteiger partial charge in [-0.3, -0.25) is 9.78 Å². The van der Waals surface area contributed by atoms with Crippen molar-refractivity contribution in [3.8, 4) is 0 Å². The first-order valence-corrected chi connectivity index (χ1v) is 12.6. The predicted octanol–water partition coefficient (Wildman–Crippen LogP) is 4.32. The molecule has 0 bridgehead atoms. The fourth-order valence-corrected chi connectivity index (χ4v) is 5.86. The van der Waals surface area contributed by atoms with E-state index in [1.165, 1.54) is 15.4 Å². The average Bonchev–Trinajstić information content (AvgIpc) is 2.76. The maximum Gasteiger partial charge on any atom is 0.244 e. The summed E-state index contributed by atoms with van der Waals surface area (Å²) >= 11 is 1.83. The lowest BCUT2D eigenvalue weighted by atomic mass is 9.97. The summed E-state index contributed by atoms with van der Waals surface area (Å²) in [6.07, 6.45) is 5.03. The van der Waals surface area contributed by atoms with Crippen molar-refractivity contribution in [2.75, 3.05) is 18.4 Å². The molecule has 162 valence electrons. The van der Waals surface area contributed by atoms with Crippen LogP contribution in [0.2, 0.25) is 0 Å². The standard InChI is InChI=1S/C22H29N3O3S2/c1-4-17(3)29-19-7-8-21(16(2)14-19)24-22(26)18-9-12-25(13-10-18)30(27,28)20-6-5-11-23-15-20/h5-8,11,14-15,17-18H,4,9-10,12-13H2,1-3H3,(H,24,26). The van der Waals surface area contributed by atoms with Crippen LogP contribution in [-0.2, 0) is 14.8 Å². The molecule has 8 heteroatoms. The highest BCUT2D eigenvalue weighted by Crippen LogP contribution is 2.29. The summed E-state index contributed by atoms with van der Waals surface area (Å²) in [5, 5.41) is 3.59. The number of aromatic nitrogens is 1. The number of carbonyl (C=O) groups excluding carboxylic acids is 1. The molecule has 0 saturated carbocycles. The number of hydrogen-bond donors (Lipinski definition) is 1. The van der Waals surface area contributed by atoms with Crippen LogP contribution in [0.25, 0.3) is 0 Å². The second-order valence-corrected chi connectivity index (χ2v) is 11.1. The van der Waals surface area contributed by atoms with Crippen LogP contribution in [0.1, 0.15) is 38.7 Å².